The Morgan fingerprint density at radius 3 is 1.53 bits per heavy atom. The van der Waals surface area contributed by atoms with Gasteiger partial charge in [-0.3, -0.25) is 9.59 Å². The molecule has 0 saturated heterocycles. The molecule has 2 nitrogen and oxygen atoms in total. The fourth-order valence-corrected chi connectivity index (χ4v) is 2.87. The summed E-state index contributed by atoms with van der Waals surface area (Å²) in [6.45, 7) is 7.69. The summed E-state index contributed by atoms with van der Waals surface area (Å²) in [5, 5.41) is 0. The van der Waals surface area contributed by atoms with E-state index in [0.717, 1.165) is 0 Å². The number of rotatable bonds is 0. The van der Waals surface area contributed by atoms with Gasteiger partial charge in [0.1, 0.15) is 0 Å². The van der Waals surface area contributed by atoms with Crippen molar-refractivity contribution in [1.29, 1.82) is 0 Å². The average Bonchev–Trinajstić information content (AvgIpc) is 2.29. The van der Waals surface area contributed by atoms with Crippen LogP contribution in [0.2, 0.25) is 0 Å². The topological polar surface area (TPSA) is 34.1 Å². The summed E-state index contributed by atoms with van der Waals surface area (Å²) in [4.78, 5) is 24.9. The van der Waals surface area contributed by atoms with Crippen molar-refractivity contribution in [3.63, 3.8) is 0 Å². The van der Waals surface area contributed by atoms with Crippen LogP contribution in [0.4, 0.5) is 0 Å². The van der Waals surface area contributed by atoms with Crippen LogP contribution in [-0.2, 0) is 0 Å². The third-order valence-corrected chi connectivity index (χ3v) is 3.53. The van der Waals surface area contributed by atoms with Crippen molar-refractivity contribution >= 4 is 11.6 Å². The van der Waals surface area contributed by atoms with Crippen molar-refractivity contribution in [1.82, 2.24) is 0 Å². The molecule has 0 aliphatic heterocycles. The molecular weight excluding hydrogens is 212 g/mol. The molecule has 0 unspecified atom stereocenters. The highest BCUT2D eigenvalue weighted by Gasteiger charge is 2.44. The van der Waals surface area contributed by atoms with Crippen molar-refractivity contribution in [2.24, 2.45) is 10.8 Å². The second-order valence-electron chi connectivity index (χ2n) is 6.15. The fourth-order valence-electron chi connectivity index (χ4n) is 2.87. The number of Topliss-reactive ketones (excluding diaryl/α,β-unsaturated/α-hetero) is 2. The predicted molar refractivity (Wildman–Crippen MR) is 67.3 cm³/mol. The van der Waals surface area contributed by atoms with Crippen molar-refractivity contribution in [3.8, 4) is 0 Å². The number of hydrogen-bond acceptors (Lipinski definition) is 2. The minimum atomic E-state index is -0.480. The zero-order valence-electron chi connectivity index (χ0n) is 10.8. The molecular formula is C15H18O2. The lowest BCUT2D eigenvalue weighted by atomic mass is 9.72. The molecule has 0 atom stereocenters. The first-order valence-corrected chi connectivity index (χ1v) is 5.94. The van der Waals surface area contributed by atoms with Crippen molar-refractivity contribution in [3.05, 3.63) is 35.4 Å². The van der Waals surface area contributed by atoms with E-state index >= 15 is 0 Å². The van der Waals surface area contributed by atoms with Gasteiger partial charge in [-0.05, 0) is 6.42 Å². The van der Waals surface area contributed by atoms with Gasteiger partial charge in [-0.15, -0.1) is 0 Å². The number of benzene rings is 1. The van der Waals surface area contributed by atoms with Crippen LogP contribution in [-0.4, -0.2) is 11.6 Å². The summed E-state index contributed by atoms with van der Waals surface area (Å²) in [5.74, 6) is 0.152. The molecule has 0 saturated carbocycles. The Labute approximate surface area is 102 Å². The third kappa shape index (κ3) is 1.82. The SMILES string of the molecule is CC1(C)CC(C)(C)C(=O)c2ccccc2C1=O. The van der Waals surface area contributed by atoms with Crippen molar-refractivity contribution in [2.75, 3.05) is 0 Å². The molecule has 0 fully saturated rings. The van der Waals surface area contributed by atoms with Crippen LogP contribution in [0.1, 0.15) is 54.8 Å². The molecule has 90 valence electrons. The van der Waals surface area contributed by atoms with E-state index in [-0.39, 0.29) is 11.6 Å². The van der Waals surface area contributed by atoms with Crippen LogP contribution >= 0.6 is 0 Å². The van der Waals surface area contributed by atoms with Gasteiger partial charge in [0.25, 0.3) is 0 Å². The lowest BCUT2D eigenvalue weighted by Gasteiger charge is -2.29. The first kappa shape index (κ1) is 12.0. The number of hydrogen-bond donors (Lipinski definition) is 0. The van der Waals surface area contributed by atoms with Gasteiger partial charge in [0.2, 0.25) is 0 Å². The van der Waals surface area contributed by atoms with Gasteiger partial charge in [0.15, 0.2) is 11.6 Å². The molecule has 2 heteroatoms. The molecule has 1 aliphatic carbocycles. The van der Waals surface area contributed by atoms with Crippen LogP contribution in [0.15, 0.2) is 24.3 Å². The Kier molecular flexibility index (Phi) is 2.49. The van der Waals surface area contributed by atoms with Gasteiger partial charge in [-0.2, -0.15) is 0 Å². The highest BCUT2D eigenvalue weighted by molar-refractivity contribution is 6.14. The zero-order chi connectivity index (χ0) is 12.8. The van der Waals surface area contributed by atoms with Crippen LogP contribution in [0.3, 0.4) is 0 Å². The van der Waals surface area contributed by atoms with E-state index in [0.29, 0.717) is 17.5 Å². The summed E-state index contributed by atoms with van der Waals surface area (Å²) in [5.41, 5.74) is 0.193. The molecule has 0 spiro atoms. The summed E-state index contributed by atoms with van der Waals surface area (Å²) in [7, 11) is 0. The van der Waals surface area contributed by atoms with Gasteiger partial charge in [-0.1, -0.05) is 52.0 Å². The predicted octanol–water partition coefficient (Wildman–Crippen LogP) is 3.51. The zero-order valence-corrected chi connectivity index (χ0v) is 10.8. The van der Waals surface area contributed by atoms with Gasteiger partial charge >= 0.3 is 0 Å². The molecule has 2 rings (SSSR count). The average molecular weight is 230 g/mol. The molecule has 0 amide bonds. The summed E-state index contributed by atoms with van der Waals surface area (Å²) in [6, 6.07) is 7.16. The van der Waals surface area contributed by atoms with Crippen LogP contribution < -0.4 is 0 Å². The van der Waals surface area contributed by atoms with E-state index in [1.165, 1.54) is 0 Å². The Hall–Kier alpha value is -1.44. The number of ketones is 2. The Balaban J connectivity index is 2.71. The lowest BCUT2D eigenvalue weighted by molar-refractivity contribution is 0.0706. The van der Waals surface area contributed by atoms with Gasteiger partial charge < -0.3 is 0 Å². The number of carbonyl (C=O) groups excluding carboxylic acids is 2. The van der Waals surface area contributed by atoms with E-state index in [4.69, 9.17) is 0 Å². The Morgan fingerprint density at radius 1 is 0.824 bits per heavy atom. The molecule has 0 aromatic heterocycles. The van der Waals surface area contributed by atoms with E-state index in [9.17, 15) is 9.59 Å². The lowest BCUT2D eigenvalue weighted by Crippen LogP contribution is -2.30. The molecule has 0 heterocycles. The number of carbonyl (C=O) groups is 2. The molecule has 1 aliphatic rings. The maximum Gasteiger partial charge on any atom is 0.169 e. The third-order valence-electron chi connectivity index (χ3n) is 3.53. The van der Waals surface area contributed by atoms with Gasteiger partial charge in [-0.25, -0.2) is 0 Å². The van der Waals surface area contributed by atoms with Crippen molar-refractivity contribution < 1.29 is 9.59 Å². The molecule has 1 aromatic carbocycles. The molecule has 1 aromatic rings. The standard InChI is InChI=1S/C15H18O2/c1-14(2)9-15(3,4)13(17)11-8-6-5-7-10(11)12(14)16/h5-8H,9H2,1-4H3. The first-order chi connectivity index (χ1) is 7.76. The van der Waals surface area contributed by atoms with Crippen LogP contribution in [0.5, 0.6) is 0 Å². The minimum absolute atomic E-state index is 0.0759. The van der Waals surface area contributed by atoms with E-state index in [1.807, 2.05) is 39.8 Å². The first-order valence-electron chi connectivity index (χ1n) is 5.94. The maximum absolute atomic E-state index is 12.4. The van der Waals surface area contributed by atoms with E-state index in [1.54, 1.807) is 12.1 Å². The Bertz CT molecular complexity index is 450. The summed E-state index contributed by atoms with van der Waals surface area (Å²) in [6.07, 6.45) is 0.590. The largest absolute Gasteiger partial charge is 0.294 e. The number of fused-ring (bicyclic) bond motifs is 1. The Morgan fingerprint density at radius 2 is 1.18 bits per heavy atom. The summed E-state index contributed by atoms with van der Waals surface area (Å²) < 4.78 is 0. The molecule has 0 N–H and O–H groups in total. The fraction of sp³-hybridized carbons (Fsp3) is 0.467. The second kappa shape index (κ2) is 3.52. The van der Waals surface area contributed by atoms with Crippen molar-refractivity contribution in [2.45, 2.75) is 34.1 Å². The quantitative estimate of drug-likeness (QED) is 0.639. The van der Waals surface area contributed by atoms with E-state index < -0.39 is 10.8 Å². The molecule has 0 bridgehead atoms. The van der Waals surface area contributed by atoms with Crippen LogP contribution in [0.25, 0.3) is 0 Å². The van der Waals surface area contributed by atoms with Gasteiger partial charge in [0, 0.05) is 22.0 Å². The molecule has 17 heavy (non-hydrogen) atoms. The minimum Gasteiger partial charge on any atom is -0.294 e. The maximum atomic E-state index is 12.4. The highest BCUT2D eigenvalue weighted by Crippen LogP contribution is 2.42. The van der Waals surface area contributed by atoms with Gasteiger partial charge in [0.05, 0.1) is 0 Å². The van der Waals surface area contributed by atoms with Crippen LogP contribution in [0, 0.1) is 10.8 Å². The molecule has 0 radical (unpaired) electrons. The second-order valence-corrected chi connectivity index (χ2v) is 6.15. The monoisotopic (exact) mass is 230 g/mol. The normalized spacial score (nSPS) is 21.9. The highest BCUT2D eigenvalue weighted by atomic mass is 16.1. The van der Waals surface area contributed by atoms with E-state index in [2.05, 4.69) is 0 Å². The summed E-state index contributed by atoms with van der Waals surface area (Å²) >= 11 is 0. The smallest absolute Gasteiger partial charge is 0.169 e.